The Balaban J connectivity index is 1.94. The number of nitrogens with zero attached hydrogens (tertiary/aromatic N) is 2. The van der Waals surface area contributed by atoms with E-state index < -0.39 is 11.7 Å². The highest BCUT2D eigenvalue weighted by molar-refractivity contribution is 6.07. The maximum absolute atomic E-state index is 12.8. The van der Waals surface area contributed by atoms with Gasteiger partial charge in [0.1, 0.15) is 18.0 Å². The van der Waals surface area contributed by atoms with Crippen LogP contribution in [0.2, 0.25) is 0 Å². The zero-order chi connectivity index (χ0) is 24.3. The van der Waals surface area contributed by atoms with Gasteiger partial charge in [-0.3, -0.25) is 14.6 Å². The summed E-state index contributed by atoms with van der Waals surface area (Å²) in [6.07, 6.45) is 4.02. The van der Waals surface area contributed by atoms with Crippen molar-refractivity contribution in [2.45, 2.75) is 52.7 Å². The lowest BCUT2D eigenvalue weighted by Gasteiger charge is -2.25. The Labute approximate surface area is 192 Å². The minimum atomic E-state index is -0.612. The molecule has 3 aromatic rings. The Morgan fingerprint density at radius 3 is 2.58 bits per heavy atom. The summed E-state index contributed by atoms with van der Waals surface area (Å²) in [4.78, 5) is 41.0. The summed E-state index contributed by atoms with van der Waals surface area (Å²) in [6.45, 7) is 9.65. The number of carbonyl (C=O) groups is 2. The van der Waals surface area contributed by atoms with E-state index in [0.29, 0.717) is 34.6 Å². The van der Waals surface area contributed by atoms with Gasteiger partial charge in [-0.15, -0.1) is 0 Å². The SMILES string of the molecule is CC(C)CC(COc1cc2c(cc1C=O)c1ccncc1c(=O)n2C)NC(=O)OC(C)(C)C. The largest absolute Gasteiger partial charge is 0.491 e. The maximum atomic E-state index is 12.8. The number of aldehydes is 1. The summed E-state index contributed by atoms with van der Waals surface area (Å²) in [5, 5.41) is 4.82. The number of aryl methyl sites for hydroxylation is 1. The van der Waals surface area contributed by atoms with Crippen LogP contribution >= 0.6 is 0 Å². The van der Waals surface area contributed by atoms with Crippen molar-refractivity contribution in [3.63, 3.8) is 0 Å². The normalized spacial score (nSPS) is 12.7. The molecule has 0 saturated heterocycles. The second kappa shape index (κ2) is 9.60. The van der Waals surface area contributed by atoms with Crippen molar-refractivity contribution < 1.29 is 19.1 Å². The number of nitrogens with one attached hydrogen (secondary N) is 1. The van der Waals surface area contributed by atoms with Gasteiger partial charge in [0.05, 0.1) is 22.5 Å². The van der Waals surface area contributed by atoms with E-state index in [-0.39, 0.29) is 18.2 Å². The third-order valence-electron chi connectivity index (χ3n) is 5.18. The molecule has 1 N–H and O–H groups in total. The predicted octanol–water partition coefficient (Wildman–Crippen LogP) is 4.22. The number of pyridine rings is 2. The van der Waals surface area contributed by atoms with Crippen molar-refractivity contribution in [3.8, 4) is 5.75 Å². The van der Waals surface area contributed by atoms with Gasteiger partial charge in [0, 0.05) is 30.9 Å². The van der Waals surface area contributed by atoms with Crippen LogP contribution in [0.25, 0.3) is 21.7 Å². The average Bonchev–Trinajstić information content (AvgIpc) is 2.73. The molecular formula is C25H31N3O5. The van der Waals surface area contributed by atoms with Crippen LogP contribution in [0.4, 0.5) is 4.79 Å². The molecule has 0 radical (unpaired) electrons. The molecular weight excluding hydrogens is 422 g/mol. The van der Waals surface area contributed by atoms with Gasteiger partial charge >= 0.3 is 6.09 Å². The molecule has 33 heavy (non-hydrogen) atoms. The van der Waals surface area contributed by atoms with Crippen molar-refractivity contribution in [2.75, 3.05) is 6.61 Å². The molecule has 0 bridgehead atoms. The number of fused-ring (bicyclic) bond motifs is 3. The number of ether oxygens (including phenoxy) is 2. The summed E-state index contributed by atoms with van der Waals surface area (Å²) in [5.41, 5.74) is 0.207. The fourth-order valence-corrected chi connectivity index (χ4v) is 3.79. The number of rotatable bonds is 7. The van der Waals surface area contributed by atoms with Gasteiger partial charge in [-0.2, -0.15) is 0 Å². The Kier molecular flexibility index (Phi) is 7.05. The molecule has 1 amide bonds. The van der Waals surface area contributed by atoms with E-state index in [1.165, 1.54) is 10.8 Å². The number of benzene rings is 1. The smallest absolute Gasteiger partial charge is 0.407 e. The Morgan fingerprint density at radius 2 is 1.94 bits per heavy atom. The molecule has 8 heteroatoms. The monoisotopic (exact) mass is 453 g/mol. The van der Waals surface area contributed by atoms with Gasteiger partial charge in [0.25, 0.3) is 5.56 Å². The zero-order valence-corrected chi connectivity index (χ0v) is 20.0. The van der Waals surface area contributed by atoms with Crippen LogP contribution in [0.15, 0.2) is 35.4 Å². The zero-order valence-electron chi connectivity index (χ0n) is 20.0. The highest BCUT2D eigenvalue weighted by Gasteiger charge is 2.21. The fraction of sp³-hybridized carbons (Fsp3) is 0.440. The van der Waals surface area contributed by atoms with Crippen LogP contribution in [-0.4, -0.2) is 40.2 Å². The highest BCUT2D eigenvalue weighted by atomic mass is 16.6. The van der Waals surface area contributed by atoms with Gasteiger partial charge in [-0.25, -0.2) is 4.79 Å². The van der Waals surface area contributed by atoms with Crippen molar-refractivity contribution in [3.05, 3.63) is 46.5 Å². The van der Waals surface area contributed by atoms with Crippen LogP contribution in [0, 0.1) is 5.92 Å². The Morgan fingerprint density at radius 1 is 1.21 bits per heavy atom. The Bertz CT molecular complexity index is 1240. The highest BCUT2D eigenvalue weighted by Crippen LogP contribution is 2.29. The summed E-state index contributed by atoms with van der Waals surface area (Å²) in [6, 6.07) is 4.86. The average molecular weight is 454 g/mol. The molecule has 8 nitrogen and oxygen atoms in total. The molecule has 1 aromatic carbocycles. The molecule has 0 aliphatic carbocycles. The van der Waals surface area contributed by atoms with Crippen LogP contribution in [0.5, 0.6) is 5.75 Å². The van der Waals surface area contributed by atoms with Crippen LogP contribution in [0.1, 0.15) is 51.4 Å². The van der Waals surface area contributed by atoms with Crippen molar-refractivity contribution in [1.82, 2.24) is 14.9 Å². The molecule has 176 valence electrons. The van der Waals surface area contributed by atoms with E-state index in [9.17, 15) is 14.4 Å². The van der Waals surface area contributed by atoms with Crippen molar-refractivity contribution >= 4 is 34.1 Å². The van der Waals surface area contributed by atoms with Gasteiger partial charge in [-0.1, -0.05) is 13.8 Å². The summed E-state index contributed by atoms with van der Waals surface area (Å²) in [7, 11) is 1.67. The first-order valence-electron chi connectivity index (χ1n) is 11.0. The summed E-state index contributed by atoms with van der Waals surface area (Å²) in [5.74, 6) is 0.650. The van der Waals surface area contributed by atoms with Gasteiger partial charge in [-0.05, 0) is 50.6 Å². The topological polar surface area (TPSA) is 99.5 Å². The molecule has 2 aromatic heterocycles. The van der Waals surface area contributed by atoms with E-state index in [1.807, 2.05) is 13.8 Å². The van der Waals surface area contributed by atoms with E-state index in [1.54, 1.807) is 52.2 Å². The minimum Gasteiger partial charge on any atom is -0.491 e. The number of carbonyl (C=O) groups excluding carboxylic acids is 2. The second-order valence-corrected chi connectivity index (χ2v) is 9.59. The standard InChI is InChI=1S/C25H31N3O5/c1-15(2)9-17(27-24(31)33-25(3,4)5)14-32-22-11-21-19(10-16(22)13-29)18-7-8-26-12-20(18)23(30)28(21)6/h7-8,10-13,15,17H,9,14H2,1-6H3,(H,27,31). The van der Waals surface area contributed by atoms with Gasteiger partial charge in [0.15, 0.2) is 6.29 Å². The van der Waals surface area contributed by atoms with E-state index in [0.717, 1.165) is 17.1 Å². The molecule has 3 rings (SSSR count). The lowest BCUT2D eigenvalue weighted by molar-refractivity contribution is 0.0479. The number of hydrogen-bond donors (Lipinski definition) is 1. The number of amides is 1. The first-order chi connectivity index (χ1) is 15.5. The summed E-state index contributed by atoms with van der Waals surface area (Å²) >= 11 is 0. The lowest BCUT2D eigenvalue weighted by Crippen LogP contribution is -2.42. The molecule has 0 fully saturated rings. The number of alkyl carbamates (subject to hydrolysis) is 1. The Hall–Kier alpha value is -3.42. The first-order valence-corrected chi connectivity index (χ1v) is 11.0. The van der Waals surface area contributed by atoms with E-state index in [2.05, 4.69) is 10.3 Å². The second-order valence-electron chi connectivity index (χ2n) is 9.59. The third kappa shape index (κ3) is 5.69. The quantitative estimate of drug-likeness (QED) is 0.425. The summed E-state index contributed by atoms with van der Waals surface area (Å²) < 4.78 is 12.9. The predicted molar refractivity (Wildman–Crippen MR) is 128 cm³/mol. The molecule has 2 heterocycles. The van der Waals surface area contributed by atoms with Crippen molar-refractivity contribution in [2.24, 2.45) is 13.0 Å². The molecule has 1 unspecified atom stereocenters. The molecule has 0 spiro atoms. The van der Waals surface area contributed by atoms with Gasteiger partial charge in [0.2, 0.25) is 0 Å². The molecule has 0 saturated carbocycles. The lowest BCUT2D eigenvalue weighted by atomic mass is 10.0. The number of aromatic nitrogens is 2. The van der Waals surface area contributed by atoms with E-state index >= 15 is 0 Å². The van der Waals surface area contributed by atoms with Gasteiger partial charge < -0.3 is 19.4 Å². The first kappa shape index (κ1) is 24.2. The van der Waals surface area contributed by atoms with E-state index in [4.69, 9.17) is 9.47 Å². The third-order valence-corrected chi connectivity index (χ3v) is 5.18. The van der Waals surface area contributed by atoms with Crippen molar-refractivity contribution in [1.29, 1.82) is 0 Å². The molecule has 0 aliphatic rings. The van der Waals surface area contributed by atoms with Crippen LogP contribution < -0.4 is 15.6 Å². The molecule has 0 aliphatic heterocycles. The molecule has 1 atom stereocenters. The van der Waals surface area contributed by atoms with Crippen LogP contribution in [-0.2, 0) is 11.8 Å². The maximum Gasteiger partial charge on any atom is 0.407 e. The van der Waals surface area contributed by atoms with Crippen LogP contribution in [0.3, 0.4) is 0 Å². The fourth-order valence-electron chi connectivity index (χ4n) is 3.79. The minimum absolute atomic E-state index is 0.148. The number of hydrogen-bond acceptors (Lipinski definition) is 6.